The monoisotopic (exact) mass is 359 g/mol. The molecular weight excluding hydrogens is 330 g/mol. The van der Waals surface area contributed by atoms with Crippen molar-refractivity contribution >= 4 is 23.6 Å². The summed E-state index contributed by atoms with van der Waals surface area (Å²) in [5, 5.41) is 13.5. The van der Waals surface area contributed by atoms with Crippen molar-refractivity contribution in [1.29, 1.82) is 0 Å². The molecule has 0 aromatic heterocycles. The third-order valence-electron chi connectivity index (χ3n) is 3.72. The summed E-state index contributed by atoms with van der Waals surface area (Å²) in [4.78, 5) is 23.9. The van der Waals surface area contributed by atoms with Gasteiger partial charge in [0.2, 0.25) is 5.91 Å². The lowest BCUT2D eigenvalue weighted by molar-refractivity contribution is -0.141. The van der Waals surface area contributed by atoms with E-state index in [1.807, 2.05) is 11.5 Å². The molecule has 7 nitrogen and oxygen atoms in total. The number of ether oxygens (including phenoxy) is 1. The molecule has 2 rings (SSSR count). The molecule has 2 aliphatic rings. The number of rotatable bonds is 7. The lowest BCUT2D eigenvalue weighted by Gasteiger charge is -2.26. The van der Waals surface area contributed by atoms with Gasteiger partial charge in [0.05, 0.1) is 13.2 Å². The maximum atomic E-state index is 10.8. The number of nitrogens with zero attached hydrogens (tertiary/aromatic N) is 1. The number of hydrogen-bond acceptors (Lipinski definition) is 6. The van der Waals surface area contributed by atoms with Crippen LogP contribution >= 0.6 is 11.8 Å². The van der Waals surface area contributed by atoms with Crippen LogP contribution in [-0.4, -0.2) is 72.6 Å². The fraction of sp³-hybridized carbons (Fsp3) is 0.750. The topological polar surface area (TPSA) is 105 Å². The van der Waals surface area contributed by atoms with Gasteiger partial charge in [-0.05, 0) is 37.8 Å². The first-order valence-electron chi connectivity index (χ1n) is 8.33. The standard InChI is InChI=1S/C9H13NO3S.C7H16N2O/c1-6(11)10-8(9(12)13)5-7-3-2-4-14-7;8-2-1-3-9-4-6-10-7-5-9/h2,4,7-8H,3,5H2,1H3,(H,10,11)(H,12,13);1-8H2/t7?,8-;/m0./s1. The Kier molecular flexibility index (Phi) is 10.7. The van der Waals surface area contributed by atoms with Crippen molar-refractivity contribution in [2.45, 2.75) is 37.5 Å². The fourth-order valence-corrected chi connectivity index (χ4v) is 3.42. The molecule has 0 aromatic rings. The van der Waals surface area contributed by atoms with Crippen molar-refractivity contribution < 1.29 is 19.4 Å². The summed E-state index contributed by atoms with van der Waals surface area (Å²) < 4.78 is 5.21. The van der Waals surface area contributed by atoms with Crippen LogP contribution in [0.3, 0.4) is 0 Å². The zero-order chi connectivity index (χ0) is 17.8. The highest BCUT2D eigenvalue weighted by atomic mass is 32.2. The molecule has 0 radical (unpaired) electrons. The minimum absolute atomic E-state index is 0.281. The van der Waals surface area contributed by atoms with Crippen LogP contribution in [0.25, 0.3) is 0 Å². The van der Waals surface area contributed by atoms with E-state index in [1.54, 1.807) is 11.8 Å². The molecule has 0 bridgehead atoms. The van der Waals surface area contributed by atoms with Crippen molar-refractivity contribution in [2.75, 3.05) is 39.4 Å². The van der Waals surface area contributed by atoms with Gasteiger partial charge < -0.3 is 20.9 Å². The van der Waals surface area contributed by atoms with Crippen LogP contribution in [0.5, 0.6) is 0 Å². The SMILES string of the molecule is CC(=O)N[C@@H](CC1CC=CS1)C(=O)O.NCCCN1CCOCC1. The zero-order valence-electron chi connectivity index (χ0n) is 14.3. The Labute approximate surface area is 148 Å². The lowest BCUT2D eigenvalue weighted by atomic mass is 10.1. The summed E-state index contributed by atoms with van der Waals surface area (Å²) in [6.07, 6.45) is 4.49. The number of aliphatic carboxylic acids is 1. The second-order valence-corrected chi connectivity index (χ2v) is 7.00. The summed E-state index contributed by atoms with van der Waals surface area (Å²) in [6.45, 7) is 7.22. The molecule has 0 aliphatic carbocycles. The molecule has 1 unspecified atom stereocenters. The Balaban J connectivity index is 0.000000254. The maximum Gasteiger partial charge on any atom is 0.326 e. The van der Waals surface area contributed by atoms with Crippen LogP contribution in [-0.2, 0) is 14.3 Å². The number of hydrogen-bond donors (Lipinski definition) is 3. The lowest BCUT2D eigenvalue weighted by Crippen LogP contribution is -2.41. The van der Waals surface area contributed by atoms with E-state index in [4.69, 9.17) is 15.6 Å². The van der Waals surface area contributed by atoms with E-state index in [-0.39, 0.29) is 11.2 Å². The summed E-state index contributed by atoms with van der Waals surface area (Å²) in [5.74, 6) is -1.26. The van der Waals surface area contributed by atoms with Crippen LogP contribution in [0.2, 0.25) is 0 Å². The molecule has 2 aliphatic heterocycles. The van der Waals surface area contributed by atoms with Crippen LogP contribution < -0.4 is 11.1 Å². The molecule has 0 aromatic carbocycles. The van der Waals surface area contributed by atoms with E-state index in [0.29, 0.717) is 6.42 Å². The molecule has 2 heterocycles. The van der Waals surface area contributed by atoms with E-state index >= 15 is 0 Å². The first-order chi connectivity index (χ1) is 11.5. The molecule has 1 fully saturated rings. The highest BCUT2D eigenvalue weighted by molar-refractivity contribution is 8.03. The second-order valence-electron chi connectivity index (χ2n) is 5.79. The summed E-state index contributed by atoms with van der Waals surface area (Å²) in [5.41, 5.74) is 5.39. The van der Waals surface area contributed by atoms with Gasteiger partial charge in [-0.3, -0.25) is 9.69 Å². The van der Waals surface area contributed by atoms with Gasteiger partial charge in [0.15, 0.2) is 0 Å². The molecule has 138 valence electrons. The van der Waals surface area contributed by atoms with Gasteiger partial charge in [-0.1, -0.05) is 6.08 Å². The number of carboxylic acid groups (broad SMARTS) is 1. The summed E-state index contributed by atoms with van der Waals surface area (Å²) in [6, 6.07) is -0.759. The molecule has 0 spiro atoms. The maximum absolute atomic E-state index is 10.8. The molecular formula is C16H29N3O4S. The van der Waals surface area contributed by atoms with Gasteiger partial charge in [-0.2, -0.15) is 0 Å². The average molecular weight is 359 g/mol. The van der Waals surface area contributed by atoms with Crippen LogP contribution in [0.1, 0.15) is 26.2 Å². The molecule has 4 N–H and O–H groups in total. The highest BCUT2D eigenvalue weighted by Gasteiger charge is 2.23. The number of thioether (sulfide) groups is 1. The van der Waals surface area contributed by atoms with Crippen LogP contribution in [0.4, 0.5) is 0 Å². The zero-order valence-corrected chi connectivity index (χ0v) is 15.1. The first kappa shape index (κ1) is 21.0. The fourth-order valence-electron chi connectivity index (χ4n) is 2.45. The molecule has 24 heavy (non-hydrogen) atoms. The highest BCUT2D eigenvalue weighted by Crippen LogP contribution is 2.27. The van der Waals surface area contributed by atoms with E-state index in [2.05, 4.69) is 10.2 Å². The van der Waals surface area contributed by atoms with Gasteiger partial charge in [-0.25, -0.2) is 4.79 Å². The Morgan fingerprint density at radius 3 is 2.67 bits per heavy atom. The Bertz CT molecular complexity index is 406. The average Bonchev–Trinajstić information content (AvgIpc) is 3.06. The smallest absolute Gasteiger partial charge is 0.326 e. The molecule has 0 saturated carbocycles. The quantitative estimate of drug-likeness (QED) is 0.613. The Morgan fingerprint density at radius 2 is 2.17 bits per heavy atom. The van der Waals surface area contributed by atoms with Crippen molar-refractivity contribution in [3.8, 4) is 0 Å². The number of nitrogens with two attached hydrogens (primary N) is 1. The van der Waals surface area contributed by atoms with Gasteiger partial charge in [0, 0.05) is 25.3 Å². The number of carbonyl (C=O) groups excluding carboxylic acids is 1. The van der Waals surface area contributed by atoms with Gasteiger partial charge in [0.25, 0.3) is 0 Å². The number of carbonyl (C=O) groups is 2. The Morgan fingerprint density at radius 1 is 1.46 bits per heavy atom. The van der Waals surface area contributed by atoms with Gasteiger partial charge in [-0.15, -0.1) is 11.8 Å². The van der Waals surface area contributed by atoms with Crippen molar-refractivity contribution in [3.63, 3.8) is 0 Å². The third-order valence-corrected chi connectivity index (χ3v) is 4.84. The van der Waals surface area contributed by atoms with E-state index < -0.39 is 12.0 Å². The molecule has 1 saturated heterocycles. The summed E-state index contributed by atoms with van der Waals surface area (Å²) >= 11 is 1.62. The Hall–Kier alpha value is -1.09. The first-order valence-corrected chi connectivity index (χ1v) is 9.27. The number of allylic oxidation sites excluding steroid dienone is 1. The van der Waals surface area contributed by atoms with E-state index in [0.717, 1.165) is 52.2 Å². The summed E-state index contributed by atoms with van der Waals surface area (Å²) in [7, 11) is 0. The minimum Gasteiger partial charge on any atom is -0.480 e. The second kappa shape index (κ2) is 12.3. The number of carboxylic acids is 1. The minimum atomic E-state index is -0.965. The van der Waals surface area contributed by atoms with Crippen molar-refractivity contribution in [3.05, 3.63) is 11.5 Å². The normalized spacial score (nSPS) is 21.7. The molecule has 2 atom stereocenters. The van der Waals surface area contributed by atoms with Gasteiger partial charge >= 0.3 is 5.97 Å². The largest absolute Gasteiger partial charge is 0.480 e. The van der Waals surface area contributed by atoms with Crippen LogP contribution in [0.15, 0.2) is 11.5 Å². The number of nitrogens with one attached hydrogen (secondary N) is 1. The molecule has 1 amide bonds. The van der Waals surface area contributed by atoms with Crippen LogP contribution in [0, 0.1) is 0 Å². The number of morpholine rings is 1. The number of amides is 1. The molecule has 8 heteroatoms. The predicted molar refractivity (Wildman–Crippen MR) is 95.9 cm³/mol. The van der Waals surface area contributed by atoms with Crippen molar-refractivity contribution in [2.24, 2.45) is 5.73 Å². The van der Waals surface area contributed by atoms with E-state index in [1.165, 1.54) is 6.92 Å². The predicted octanol–water partition coefficient (Wildman–Crippen LogP) is 0.652. The third kappa shape index (κ3) is 9.27. The van der Waals surface area contributed by atoms with E-state index in [9.17, 15) is 9.59 Å². The van der Waals surface area contributed by atoms with Gasteiger partial charge in [0.1, 0.15) is 6.04 Å². The van der Waals surface area contributed by atoms with Crippen molar-refractivity contribution in [1.82, 2.24) is 10.2 Å².